The molecule has 0 spiro atoms. The molecule has 1 aliphatic rings. The van der Waals surface area contributed by atoms with E-state index in [0.29, 0.717) is 35.7 Å². The molecule has 206 valence electrons. The third kappa shape index (κ3) is 6.19. The molecule has 12 heteroatoms. The topological polar surface area (TPSA) is 131 Å². The highest BCUT2D eigenvalue weighted by molar-refractivity contribution is 7.91. The molecular weight excluding hydrogens is 508 g/mol. The summed E-state index contributed by atoms with van der Waals surface area (Å²) in [5.74, 6) is 1.19. The molecule has 0 radical (unpaired) electrons. The van der Waals surface area contributed by atoms with E-state index in [0.717, 1.165) is 18.4 Å². The van der Waals surface area contributed by atoms with E-state index in [1.807, 2.05) is 38.3 Å². The van der Waals surface area contributed by atoms with E-state index >= 15 is 0 Å². The van der Waals surface area contributed by atoms with E-state index in [9.17, 15) is 8.42 Å². The Labute approximate surface area is 223 Å². The highest BCUT2D eigenvalue weighted by Crippen LogP contribution is 2.32. The molecule has 0 aliphatic carbocycles. The molecule has 38 heavy (non-hydrogen) atoms. The number of sulfone groups is 1. The average Bonchev–Trinajstić information content (AvgIpc) is 3.57. The van der Waals surface area contributed by atoms with Crippen LogP contribution in [0.25, 0.3) is 11.5 Å². The average molecular weight is 545 g/mol. The zero-order chi connectivity index (χ0) is 27.4. The maximum absolute atomic E-state index is 13.8. The molecule has 4 heterocycles. The highest BCUT2D eigenvalue weighted by Gasteiger charge is 2.37. The van der Waals surface area contributed by atoms with Crippen molar-refractivity contribution in [1.29, 1.82) is 0 Å². The van der Waals surface area contributed by atoms with E-state index in [-0.39, 0.29) is 24.0 Å². The second-order valence-electron chi connectivity index (χ2n) is 9.90. The van der Waals surface area contributed by atoms with Gasteiger partial charge in [0.25, 0.3) is 0 Å². The number of ether oxygens (including phenoxy) is 3. The van der Waals surface area contributed by atoms with Gasteiger partial charge in [-0.25, -0.2) is 23.4 Å². The van der Waals surface area contributed by atoms with Gasteiger partial charge in [-0.05, 0) is 59.1 Å². The first-order valence-corrected chi connectivity index (χ1v) is 14.5. The number of aromatic nitrogens is 6. The van der Waals surface area contributed by atoms with Crippen LogP contribution in [0.15, 0.2) is 30.6 Å². The van der Waals surface area contributed by atoms with Crippen molar-refractivity contribution < 1.29 is 22.6 Å². The van der Waals surface area contributed by atoms with Gasteiger partial charge in [-0.2, -0.15) is 0 Å². The fourth-order valence-electron chi connectivity index (χ4n) is 4.55. The number of hydrogen-bond acceptors (Lipinski definition) is 10. The predicted molar refractivity (Wildman–Crippen MR) is 141 cm³/mol. The van der Waals surface area contributed by atoms with E-state index < -0.39 is 21.2 Å². The molecule has 4 atom stereocenters. The molecule has 0 N–H and O–H groups in total. The van der Waals surface area contributed by atoms with Crippen LogP contribution in [0.4, 0.5) is 0 Å². The van der Waals surface area contributed by atoms with Crippen molar-refractivity contribution in [1.82, 2.24) is 29.7 Å². The molecule has 3 aromatic heterocycles. The summed E-state index contributed by atoms with van der Waals surface area (Å²) in [6, 6.07) is 5.14. The Morgan fingerprint density at radius 1 is 1.13 bits per heavy atom. The van der Waals surface area contributed by atoms with E-state index in [2.05, 4.69) is 25.1 Å². The number of hydrogen-bond donors (Lipinski definition) is 0. The second-order valence-corrected chi connectivity index (χ2v) is 12.3. The van der Waals surface area contributed by atoms with Crippen LogP contribution < -0.4 is 4.74 Å². The van der Waals surface area contributed by atoms with Gasteiger partial charge in [0.2, 0.25) is 5.88 Å². The summed E-state index contributed by atoms with van der Waals surface area (Å²) in [7, 11) is -2.25. The molecule has 1 aliphatic heterocycles. The molecule has 1 saturated heterocycles. The normalized spacial score (nSPS) is 18.4. The number of aryl methyl sites for hydroxylation is 1. The fourth-order valence-corrected chi connectivity index (χ4v) is 5.93. The van der Waals surface area contributed by atoms with Crippen LogP contribution in [-0.4, -0.2) is 69.3 Å². The van der Waals surface area contributed by atoms with Crippen molar-refractivity contribution >= 4 is 9.84 Å². The van der Waals surface area contributed by atoms with Crippen LogP contribution >= 0.6 is 0 Å². The van der Waals surface area contributed by atoms with Gasteiger partial charge in [-0.15, -0.1) is 10.2 Å². The lowest BCUT2D eigenvalue weighted by Gasteiger charge is -2.26. The van der Waals surface area contributed by atoms with E-state index in [1.54, 1.807) is 38.6 Å². The summed E-state index contributed by atoms with van der Waals surface area (Å²) >= 11 is 0. The molecule has 0 unspecified atom stereocenters. The summed E-state index contributed by atoms with van der Waals surface area (Å²) in [6.07, 6.45) is 3.97. The van der Waals surface area contributed by atoms with E-state index in [4.69, 9.17) is 14.2 Å². The molecule has 4 rings (SSSR count). The molecular formula is C26H36N6O5S. The lowest BCUT2D eigenvalue weighted by Crippen LogP contribution is -2.32. The third-order valence-electron chi connectivity index (χ3n) is 6.64. The van der Waals surface area contributed by atoms with E-state index in [1.165, 1.54) is 0 Å². The second kappa shape index (κ2) is 11.8. The Balaban J connectivity index is 1.71. The zero-order valence-corrected chi connectivity index (χ0v) is 23.6. The maximum Gasteiger partial charge on any atom is 0.213 e. The summed E-state index contributed by atoms with van der Waals surface area (Å²) in [6.45, 7) is 9.87. The summed E-state index contributed by atoms with van der Waals surface area (Å²) in [5.41, 5.74) is 1.41. The van der Waals surface area contributed by atoms with Crippen LogP contribution in [0, 0.1) is 6.92 Å². The highest BCUT2D eigenvalue weighted by atomic mass is 32.2. The summed E-state index contributed by atoms with van der Waals surface area (Å²) in [5, 5.41) is 7.78. The smallest absolute Gasteiger partial charge is 0.213 e. The van der Waals surface area contributed by atoms with Crippen molar-refractivity contribution in [2.45, 2.75) is 82.8 Å². The Kier molecular flexibility index (Phi) is 8.74. The lowest BCUT2D eigenvalue weighted by atomic mass is 10.1. The Hall–Kier alpha value is -2.96. The molecule has 3 aromatic rings. The van der Waals surface area contributed by atoms with Crippen LogP contribution in [-0.2, 0) is 25.1 Å². The summed E-state index contributed by atoms with van der Waals surface area (Å²) in [4.78, 5) is 13.2. The van der Waals surface area contributed by atoms with Crippen LogP contribution in [0.2, 0.25) is 0 Å². The maximum atomic E-state index is 13.8. The summed E-state index contributed by atoms with van der Waals surface area (Å²) < 4.78 is 46.7. The van der Waals surface area contributed by atoms with Crippen LogP contribution in [0.1, 0.15) is 69.9 Å². The first-order chi connectivity index (χ1) is 18.1. The minimum absolute atomic E-state index is 0.0905. The molecule has 0 amide bonds. The first kappa shape index (κ1) is 28.1. The van der Waals surface area contributed by atoms with Crippen molar-refractivity contribution in [3.05, 3.63) is 47.8 Å². The molecule has 0 aromatic carbocycles. The SMILES string of the molecule is COc1cccc(-c2nnc(CS(=O)(=O)[C@@H](C)[C@@H](OC(C)C)c3ncc(C)cn3)n2[C@H](C)[C@H]2CCCO2)n1. The Morgan fingerprint density at radius 3 is 2.50 bits per heavy atom. The number of methoxy groups -OCH3 is 1. The third-order valence-corrected chi connectivity index (χ3v) is 8.68. The van der Waals surface area contributed by atoms with Gasteiger partial charge in [0, 0.05) is 25.1 Å². The minimum Gasteiger partial charge on any atom is -0.481 e. The van der Waals surface area contributed by atoms with Gasteiger partial charge >= 0.3 is 0 Å². The van der Waals surface area contributed by atoms with Crippen molar-refractivity contribution in [3.8, 4) is 17.4 Å². The number of pyridine rings is 1. The Bertz CT molecular complexity index is 1320. The fraction of sp³-hybridized carbons (Fsp3) is 0.577. The van der Waals surface area contributed by atoms with Gasteiger partial charge in [-0.1, -0.05) is 6.07 Å². The van der Waals surface area contributed by atoms with Crippen LogP contribution in [0.3, 0.4) is 0 Å². The van der Waals surface area contributed by atoms with Gasteiger partial charge in [0.15, 0.2) is 21.5 Å². The molecule has 0 bridgehead atoms. The molecule has 1 fully saturated rings. The monoisotopic (exact) mass is 544 g/mol. The van der Waals surface area contributed by atoms with Crippen molar-refractivity contribution in [2.24, 2.45) is 0 Å². The minimum atomic E-state index is -3.79. The molecule has 11 nitrogen and oxygen atoms in total. The first-order valence-electron chi connectivity index (χ1n) is 12.8. The number of rotatable bonds is 11. The lowest BCUT2D eigenvalue weighted by molar-refractivity contribution is 0.00140. The van der Waals surface area contributed by atoms with Gasteiger partial charge < -0.3 is 18.8 Å². The van der Waals surface area contributed by atoms with Crippen molar-refractivity contribution in [2.75, 3.05) is 13.7 Å². The van der Waals surface area contributed by atoms with Gasteiger partial charge in [-0.3, -0.25) is 0 Å². The number of nitrogens with zero attached hydrogens (tertiary/aromatic N) is 6. The quantitative estimate of drug-likeness (QED) is 0.352. The Morgan fingerprint density at radius 2 is 1.87 bits per heavy atom. The van der Waals surface area contributed by atoms with Crippen LogP contribution in [0.5, 0.6) is 5.88 Å². The standard InChI is InChI=1S/C26H36N6O5S/c1-16(2)37-24(25-27-13-17(3)14-28-25)19(5)38(33,34)15-22-30-31-26(20-9-7-11-23(29-20)35-6)32(22)18(4)21-10-8-12-36-21/h7,9,11,13-14,16,18-19,21,24H,8,10,12,15H2,1-6H3/t18-,19+,21-,24-/m1/s1. The largest absolute Gasteiger partial charge is 0.481 e. The van der Waals surface area contributed by atoms with Gasteiger partial charge in [0.1, 0.15) is 23.4 Å². The predicted octanol–water partition coefficient (Wildman–Crippen LogP) is 3.66. The molecule has 0 saturated carbocycles. The van der Waals surface area contributed by atoms with Crippen molar-refractivity contribution in [3.63, 3.8) is 0 Å². The van der Waals surface area contributed by atoms with Gasteiger partial charge in [0.05, 0.1) is 30.6 Å². The zero-order valence-electron chi connectivity index (χ0n) is 22.7.